The maximum Gasteiger partial charge on any atom is 0.0917 e. The van der Waals surface area contributed by atoms with Crippen molar-refractivity contribution in [3.63, 3.8) is 0 Å². The van der Waals surface area contributed by atoms with E-state index in [4.69, 9.17) is 5.26 Å². The first-order valence-corrected chi connectivity index (χ1v) is 7.01. The summed E-state index contributed by atoms with van der Waals surface area (Å²) in [4.78, 5) is 0. The van der Waals surface area contributed by atoms with Gasteiger partial charge < -0.3 is 0 Å². The summed E-state index contributed by atoms with van der Waals surface area (Å²) in [5.41, 5.74) is 0. The highest BCUT2D eigenvalue weighted by Crippen LogP contribution is 2.57. The Morgan fingerprint density at radius 1 is 1.00 bits per heavy atom. The van der Waals surface area contributed by atoms with Crippen LogP contribution in [0.5, 0.6) is 0 Å². The molecule has 0 spiro atoms. The van der Waals surface area contributed by atoms with Gasteiger partial charge in [0.15, 0.2) is 0 Å². The van der Waals surface area contributed by atoms with Crippen LogP contribution < -0.4 is 0 Å². The average molecular weight is 219 g/mol. The summed E-state index contributed by atoms with van der Waals surface area (Å²) >= 11 is 1.93. The molecule has 0 aliphatic heterocycles. The first kappa shape index (κ1) is 9.78. The van der Waals surface area contributed by atoms with Crippen molar-refractivity contribution in [1.29, 1.82) is 5.26 Å². The van der Waals surface area contributed by atoms with Crippen LogP contribution in [0.2, 0.25) is 0 Å². The Labute approximate surface area is 95.9 Å². The number of rotatable bonds is 2. The lowest BCUT2D eigenvalue weighted by atomic mass is 9.56. The van der Waals surface area contributed by atoms with E-state index >= 15 is 0 Å². The summed E-state index contributed by atoms with van der Waals surface area (Å²) in [5, 5.41) is 11.4. The molecular formula is C13H17NS. The molecule has 4 saturated carbocycles. The van der Waals surface area contributed by atoms with Crippen molar-refractivity contribution in [2.45, 2.75) is 37.4 Å². The Morgan fingerprint density at radius 2 is 1.60 bits per heavy atom. The van der Waals surface area contributed by atoms with Crippen molar-refractivity contribution >= 4 is 11.8 Å². The summed E-state index contributed by atoms with van der Waals surface area (Å²) in [6.45, 7) is 0. The van der Waals surface area contributed by atoms with Crippen LogP contribution in [0, 0.1) is 35.0 Å². The molecule has 0 amide bonds. The molecule has 0 aromatic heterocycles. The molecule has 80 valence electrons. The SMILES string of the molecule is N#C/C=C/SC1C2CC3CC(C2)CC1C3. The minimum Gasteiger partial charge on any atom is -0.193 e. The molecule has 0 radical (unpaired) electrons. The van der Waals surface area contributed by atoms with Crippen LogP contribution in [0.3, 0.4) is 0 Å². The maximum atomic E-state index is 8.50. The minimum absolute atomic E-state index is 0.836. The number of thioether (sulfide) groups is 1. The number of nitrogens with zero attached hydrogens (tertiary/aromatic N) is 1. The van der Waals surface area contributed by atoms with E-state index in [9.17, 15) is 0 Å². The Kier molecular flexibility index (Phi) is 2.52. The molecule has 4 fully saturated rings. The Balaban J connectivity index is 1.70. The van der Waals surface area contributed by atoms with E-state index in [0.717, 1.165) is 28.9 Å². The molecule has 4 aliphatic carbocycles. The molecule has 4 rings (SSSR count). The van der Waals surface area contributed by atoms with Crippen LogP contribution in [-0.4, -0.2) is 5.25 Å². The summed E-state index contributed by atoms with van der Waals surface area (Å²) < 4.78 is 0. The van der Waals surface area contributed by atoms with E-state index in [1.54, 1.807) is 6.08 Å². The lowest BCUT2D eigenvalue weighted by Gasteiger charge is -2.53. The van der Waals surface area contributed by atoms with Gasteiger partial charge in [0, 0.05) is 11.3 Å². The highest BCUT2D eigenvalue weighted by atomic mass is 32.2. The third kappa shape index (κ3) is 1.72. The van der Waals surface area contributed by atoms with Gasteiger partial charge >= 0.3 is 0 Å². The summed E-state index contributed by atoms with van der Waals surface area (Å²) in [7, 11) is 0. The highest BCUT2D eigenvalue weighted by Gasteiger charge is 2.47. The monoisotopic (exact) mass is 219 g/mol. The van der Waals surface area contributed by atoms with Gasteiger partial charge in [0.25, 0.3) is 0 Å². The van der Waals surface area contributed by atoms with Gasteiger partial charge in [0.05, 0.1) is 6.07 Å². The highest BCUT2D eigenvalue weighted by molar-refractivity contribution is 8.02. The van der Waals surface area contributed by atoms with Crippen molar-refractivity contribution in [2.75, 3.05) is 0 Å². The third-order valence-corrected chi connectivity index (χ3v) is 5.90. The second-order valence-electron chi connectivity index (χ2n) is 5.46. The molecule has 0 unspecified atom stereocenters. The molecule has 0 aromatic rings. The van der Waals surface area contributed by atoms with Crippen LogP contribution in [0.25, 0.3) is 0 Å². The fourth-order valence-corrected chi connectivity index (χ4v) is 5.47. The molecule has 4 aliphatic rings. The van der Waals surface area contributed by atoms with E-state index in [2.05, 4.69) is 6.07 Å². The van der Waals surface area contributed by atoms with E-state index in [1.165, 1.54) is 32.1 Å². The van der Waals surface area contributed by atoms with Gasteiger partial charge in [-0.25, -0.2) is 0 Å². The smallest absolute Gasteiger partial charge is 0.0917 e. The van der Waals surface area contributed by atoms with Crippen LogP contribution in [0.4, 0.5) is 0 Å². The second-order valence-corrected chi connectivity index (χ2v) is 6.55. The van der Waals surface area contributed by atoms with Crippen LogP contribution in [-0.2, 0) is 0 Å². The van der Waals surface area contributed by atoms with Gasteiger partial charge in [-0.2, -0.15) is 5.26 Å². The van der Waals surface area contributed by atoms with E-state index < -0.39 is 0 Å². The van der Waals surface area contributed by atoms with Gasteiger partial charge in [-0.05, 0) is 61.2 Å². The van der Waals surface area contributed by atoms with Crippen molar-refractivity contribution in [3.05, 3.63) is 11.5 Å². The standard InChI is InChI=1S/C13H17NS/c14-2-1-3-15-13-11-5-9-4-10(7-11)8-12(13)6-9/h1,3,9-13H,4-8H2/b3-1+. The zero-order valence-electron chi connectivity index (χ0n) is 8.93. The zero-order valence-corrected chi connectivity index (χ0v) is 9.75. The summed E-state index contributed by atoms with van der Waals surface area (Å²) in [6.07, 6.45) is 9.07. The number of allylic oxidation sites excluding steroid dienone is 1. The minimum atomic E-state index is 0.836. The van der Waals surface area contributed by atoms with Crippen LogP contribution in [0.1, 0.15) is 32.1 Å². The van der Waals surface area contributed by atoms with Crippen molar-refractivity contribution in [2.24, 2.45) is 23.7 Å². The van der Waals surface area contributed by atoms with E-state index in [-0.39, 0.29) is 0 Å². The Bertz CT molecular complexity index is 287. The third-order valence-electron chi connectivity index (χ3n) is 4.52. The molecule has 15 heavy (non-hydrogen) atoms. The Hall–Kier alpha value is -0.420. The maximum absolute atomic E-state index is 8.50. The van der Waals surface area contributed by atoms with E-state index in [1.807, 2.05) is 17.2 Å². The predicted octanol–water partition coefficient (Wildman–Crippen LogP) is 3.58. The molecule has 0 N–H and O–H groups in total. The molecule has 0 heterocycles. The van der Waals surface area contributed by atoms with Crippen LogP contribution in [0.15, 0.2) is 11.5 Å². The molecule has 1 nitrogen and oxygen atoms in total. The fraction of sp³-hybridized carbons (Fsp3) is 0.769. The first-order valence-electron chi connectivity index (χ1n) is 6.07. The molecule has 0 atom stereocenters. The lowest BCUT2D eigenvalue weighted by Crippen LogP contribution is -2.46. The normalized spacial score (nSPS) is 47.3. The molecule has 0 aromatic carbocycles. The van der Waals surface area contributed by atoms with Gasteiger partial charge in [-0.15, -0.1) is 11.8 Å². The van der Waals surface area contributed by atoms with E-state index in [0.29, 0.717) is 0 Å². The number of hydrogen-bond acceptors (Lipinski definition) is 2. The van der Waals surface area contributed by atoms with Crippen molar-refractivity contribution < 1.29 is 0 Å². The molecule has 4 bridgehead atoms. The van der Waals surface area contributed by atoms with Crippen molar-refractivity contribution in [3.8, 4) is 6.07 Å². The van der Waals surface area contributed by atoms with Gasteiger partial charge in [0.2, 0.25) is 0 Å². The van der Waals surface area contributed by atoms with Crippen molar-refractivity contribution in [1.82, 2.24) is 0 Å². The molecular weight excluding hydrogens is 202 g/mol. The molecule has 0 saturated heterocycles. The number of nitriles is 1. The number of hydrogen-bond donors (Lipinski definition) is 0. The molecule has 2 heteroatoms. The van der Waals surface area contributed by atoms with Crippen LogP contribution >= 0.6 is 11.8 Å². The summed E-state index contributed by atoms with van der Waals surface area (Å²) in [6, 6.07) is 2.09. The van der Waals surface area contributed by atoms with Gasteiger partial charge in [0.1, 0.15) is 0 Å². The topological polar surface area (TPSA) is 23.8 Å². The van der Waals surface area contributed by atoms with Gasteiger partial charge in [-0.1, -0.05) is 0 Å². The second kappa shape index (κ2) is 3.87. The average Bonchev–Trinajstić information content (AvgIpc) is 2.21. The van der Waals surface area contributed by atoms with Gasteiger partial charge in [-0.3, -0.25) is 0 Å². The Morgan fingerprint density at radius 3 is 2.13 bits per heavy atom. The first-order chi connectivity index (χ1) is 7.36. The summed E-state index contributed by atoms with van der Waals surface area (Å²) in [5.74, 6) is 4.05. The lowest BCUT2D eigenvalue weighted by molar-refractivity contribution is 0.0269. The fourth-order valence-electron chi connectivity index (χ4n) is 4.26. The largest absolute Gasteiger partial charge is 0.193 e. The quantitative estimate of drug-likeness (QED) is 0.663. The predicted molar refractivity (Wildman–Crippen MR) is 63.2 cm³/mol. The zero-order chi connectivity index (χ0) is 10.3.